The third kappa shape index (κ3) is 7.15. The Morgan fingerprint density at radius 1 is 1.43 bits per heavy atom. The van der Waals surface area contributed by atoms with E-state index in [0.717, 1.165) is 0 Å². The molecule has 6 N–H and O–H groups in total. The van der Waals surface area contributed by atoms with Gasteiger partial charge in [-0.25, -0.2) is 4.98 Å². The first kappa shape index (κ1) is 19.0. The summed E-state index contributed by atoms with van der Waals surface area (Å²) in [6, 6.07) is -1.65. The molecule has 2 atom stereocenters. The zero-order valence-corrected chi connectivity index (χ0v) is 13.6. The molecule has 10 heteroatoms. The van der Waals surface area contributed by atoms with Crippen molar-refractivity contribution < 1.29 is 19.5 Å². The minimum absolute atomic E-state index is 0.262. The van der Waals surface area contributed by atoms with Crippen molar-refractivity contribution in [3.63, 3.8) is 0 Å². The van der Waals surface area contributed by atoms with E-state index < -0.39 is 36.4 Å². The maximum absolute atomic E-state index is 12.1. The van der Waals surface area contributed by atoms with E-state index in [9.17, 15) is 14.4 Å². The molecule has 0 aliphatic heterocycles. The maximum Gasteiger partial charge on any atom is 0.322 e. The molecule has 0 aliphatic carbocycles. The largest absolute Gasteiger partial charge is 0.480 e. The number of nitrogens with zero attached hydrogens (tertiary/aromatic N) is 1. The van der Waals surface area contributed by atoms with Gasteiger partial charge < -0.3 is 26.5 Å². The van der Waals surface area contributed by atoms with E-state index in [0.29, 0.717) is 17.9 Å². The van der Waals surface area contributed by atoms with Crippen molar-refractivity contribution in [3.05, 3.63) is 18.2 Å². The highest BCUT2D eigenvalue weighted by molar-refractivity contribution is 7.98. The van der Waals surface area contributed by atoms with Crippen molar-refractivity contribution in [3.8, 4) is 0 Å². The topological polar surface area (TPSA) is 150 Å². The zero-order chi connectivity index (χ0) is 17.2. The highest BCUT2D eigenvalue weighted by atomic mass is 32.2. The number of thioether (sulfide) groups is 1. The Balaban J connectivity index is 2.58. The Kier molecular flexibility index (Phi) is 8.13. The monoisotopic (exact) mass is 343 g/mol. The highest BCUT2D eigenvalue weighted by Gasteiger charge is 2.24. The van der Waals surface area contributed by atoms with E-state index in [1.165, 1.54) is 18.1 Å². The Hall–Kier alpha value is -2.07. The first-order valence-electron chi connectivity index (χ1n) is 6.95. The average Bonchev–Trinajstić information content (AvgIpc) is 3.01. The van der Waals surface area contributed by atoms with Gasteiger partial charge in [-0.15, -0.1) is 0 Å². The molecule has 0 saturated heterocycles. The molecule has 1 heterocycles. The number of carboxylic acid groups (broad SMARTS) is 1. The average molecular weight is 343 g/mol. The summed E-state index contributed by atoms with van der Waals surface area (Å²) in [7, 11) is 0. The summed E-state index contributed by atoms with van der Waals surface area (Å²) in [5, 5.41) is 13.4. The van der Waals surface area contributed by atoms with Crippen molar-refractivity contribution in [1.29, 1.82) is 0 Å². The smallest absolute Gasteiger partial charge is 0.322 e. The molecular weight excluding hydrogens is 322 g/mol. The van der Waals surface area contributed by atoms with Gasteiger partial charge in [-0.1, -0.05) is 0 Å². The number of hydrogen-bond acceptors (Lipinski definition) is 6. The fraction of sp³-hybridized carbons (Fsp3) is 0.538. The lowest BCUT2D eigenvalue weighted by Gasteiger charge is -2.20. The molecule has 1 rings (SSSR count). The van der Waals surface area contributed by atoms with E-state index in [1.807, 2.05) is 6.26 Å². The quantitative estimate of drug-likeness (QED) is 0.355. The maximum atomic E-state index is 12.1. The number of carbonyl (C=O) groups is 3. The normalized spacial score (nSPS) is 13.1. The third-order valence-electron chi connectivity index (χ3n) is 2.99. The van der Waals surface area contributed by atoms with E-state index in [-0.39, 0.29) is 6.42 Å². The number of H-pyrrole nitrogens is 1. The van der Waals surface area contributed by atoms with Gasteiger partial charge in [0.1, 0.15) is 12.6 Å². The highest BCUT2D eigenvalue weighted by Crippen LogP contribution is 2.03. The van der Waals surface area contributed by atoms with Crippen LogP contribution in [-0.4, -0.2) is 63.5 Å². The van der Waals surface area contributed by atoms with Crippen LogP contribution in [0.4, 0.5) is 0 Å². The van der Waals surface area contributed by atoms with Gasteiger partial charge in [0.25, 0.3) is 0 Å². The number of aromatic amines is 1. The molecular formula is C13H21N5O4S. The Morgan fingerprint density at radius 2 is 2.17 bits per heavy atom. The van der Waals surface area contributed by atoms with Crippen molar-refractivity contribution in [2.24, 2.45) is 5.73 Å². The molecule has 0 fully saturated rings. The summed E-state index contributed by atoms with van der Waals surface area (Å²) in [4.78, 5) is 41.3. The predicted octanol–water partition coefficient (Wildman–Crippen LogP) is -1.28. The molecule has 2 unspecified atom stereocenters. The summed E-state index contributed by atoms with van der Waals surface area (Å²) in [6.45, 7) is -0.495. The second-order valence-electron chi connectivity index (χ2n) is 4.84. The van der Waals surface area contributed by atoms with E-state index >= 15 is 0 Å². The van der Waals surface area contributed by atoms with Crippen molar-refractivity contribution in [2.75, 3.05) is 18.6 Å². The first-order valence-corrected chi connectivity index (χ1v) is 8.35. The van der Waals surface area contributed by atoms with Crippen LogP contribution in [0.15, 0.2) is 12.5 Å². The second kappa shape index (κ2) is 9.85. The lowest BCUT2D eigenvalue weighted by Crippen LogP contribution is -2.52. The third-order valence-corrected chi connectivity index (χ3v) is 3.63. The van der Waals surface area contributed by atoms with Gasteiger partial charge in [0.15, 0.2) is 0 Å². The number of amides is 2. The van der Waals surface area contributed by atoms with Gasteiger partial charge in [-0.2, -0.15) is 11.8 Å². The van der Waals surface area contributed by atoms with Gasteiger partial charge in [0, 0.05) is 18.3 Å². The summed E-state index contributed by atoms with van der Waals surface area (Å²) >= 11 is 1.52. The van der Waals surface area contributed by atoms with Crippen LogP contribution < -0.4 is 16.4 Å². The van der Waals surface area contributed by atoms with Crippen LogP contribution in [0.1, 0.15) is 12.1 Å². The molecule has 1 aromatic heterocycles. The summed E-state index contributed by atoms with van der Waals surface area (Å²) in [6.07, 6.45) is 5.57. The summed E-state index contributed by atoms with van der Waals surface area (Å²) < 4.78 is 0. The minimum atomic E-state index is -1.15. The Morgan fingerprint density at radius 3 is 2.74 bits per heavy atom. The van der Waals surface area contributed by atoms with Crippen LogP contribution in [0.5, 0.6) is 0 Å². The van der Waals surface area contributed by atoms with Crippen LogP contribution in [0.2, 0.25) is 0 Å². The van der Waals surface area contributed by atoms with Crippen LogP contribution in [0.3, 0.4) is 0 Å². The van der Waals surface area contributed by atoms with Gasteiger partial charge in [0.2, 0.25) is 11.8 Å². The molecule has 9 nitrogen and oxygen atoms in total. The van der Waals surface area contributed by atoms with Gasteiger partial charge >= 0.3 is 5.97 Å². The van der Waals surface area contributed by atoms with Crippen LogP contribution in [0, 0.1) is 0 Å². The standard InChI is InChI=1S/C13H21N5O4S/c1-23-3-2-10(13(22)16-6-11(19)20)18-12(21)9(14)4-8-5-15-7-17-8/h5,7,9-10H,2-4,6,14H2,1H3,(H,15,17)(H,16,22)(H,18,21)(H,19,20). The lowest BCUT2D eigenvalue weighted by atomic mass is 10.1. The molecule has 0 spiro atoms. The molecule has 0 radical (unpaired) electrons. The molecule has 23 heavy (non-hydrogen) atoms. The van der Waals surface area contributed by atoms with Crippen molar-refractivity contribution in [1.82, 2.24) is 20.6 Å². The van der Waals surface area contributed by atoms with Crippen LogP contribution in [0.25, 0.3) is 0 Å². The number of imidazole rings is 1. The fourth-order valence-corrected chi connectivity index (χ4v) is 2.27. The fourth-order valence-electron chi connectivity index (χ4n) is 1.80. The van der Waals surface area contributed by atoms with Gasteiger partial charge in [-0.05, 0) is 18.4 Å². The molecule has 0 bridgehead atoms. The molecule has 0 saturated carbocycles. The first-order chi connectivity index (χ1) is 10.9. The van der Waals surface area contributed by atoms with E-state index in [1.54, 1.807) is 6.20 Å². The van der Waals surface area contributed by atoms with E-state index in [2.05, 4.69) is 20.6 Å². The van der Waals surface area contributed by atoms with Gasteiger partial charge in [-0.3, -0.25) is 14.4 Å². The lowest BCUT2D eigenvalue weighted by molar-refractivity contribution is -0.138. The number of hydrogen-bond donors (Lipinski definition) is 5. The number of carbonyl (C=O) groups excluding carboxylic acids is 2. The molecule has 0 aliphatic rings. The molecule has 2 amide bonds. The van der Waals surface area contributed by atoms with Crippen LogP contribution in [-0.2, 0) is 20.8 Å². The van der Waals surface area contributed by atoms with Crippen molar-refractivity contribution in [2.45, 2.75) is 24.9 Å². The number of carboxylic acids is 1. The SMILES string of the molecule is CSCCC(NC(=O)C(N)Cc1cnc[nH]1)C(=O)NCC(=O)O. The van der Waals surface area contributed by atoms with Crippen molar-refractivity contribution >= 4 is 29.5 Å². The Bertz CT molecular complexity index is 522. The number of nitrogens with two attached hydrogens (primary N) is 1. The Labute approximate surface area is 137 Å². The number of aromatic nitrogens is 2. The molecule has 0 aromatic carbocycles. The zero-order valence-electron chi connectivity index (χ0n) is 12.7. The van der Waals surface area contributed by atoms with Crippen LogP contribution >= 0.6 is 11.8 Å². The number of aliphatic carboxylic acids is 1. The molecule has 128 valence electrons. The number of nitrogens with one attached hydrogen (secondary N) is 3. The van der Waals surface area contributed by atoms with Gasteiger partial charge in [0.05, 0.1) is 12.4 Å². The predicted molar refractivity (Wildman–Crippen MR) is 85.8 cm³/mol. The van der Waals surface area contributed by atoms with E-state index in [4.69, 9.17) is 10.8 Å². The molecule has 1 aromatic rings. The second-order valence-corrected chi connectivity index (χ2v) is 5.83. The number of rotatable bonds is 10. The summed E-state index contributed by atoms with van der Waals surface area (Å²) in [5.74, 6) is -1.52. The minimum Gasteiger partial charge on any atom is -0.480 e. The summed E-state index contributed by atoms with van der Waals surface area (Å²) in [5.41, 5.74) is 6.53.